The summed E-state index contributed by atoms with van der Waals surface area (Å²) in [7, 11) is 0. The van der Waals surface area contributed by atoms with Gasteiger partial charge in [0.15, 0.2) is 0 Å². The van der Waals surface area contributed by atoms with Gasteiger partial charge in [-0.15, -0.1) is 11.6 Å². The van der Waals surface area contributed by atoms with Crippen molar-refractivity contribution in [3.63, 3.8) is 0 Å². The Labute approximate surface area is 60.6 Å². The van der Waals surface area contributed by atoms with Gasteiger partial charge in [0.2, 0.25) is 0 Å². The number of nitrogens with zero attached hydrogens (tertiary/aromatic N) is 1. The highest BCUT2D eigenvalue weighted by molar-refractivity contribution is 6.18. The van der Waals surface area contributed by atoms with Gasteiger partial charge >= 0.3 is 0 Å². The van der Waals surface area contributed by atoms with E-state index in [0.29, 0.717) is 12.4 Å². The maximum atomic E-state index is 9.67. The second-order valence-electron chi connectivity index (χ2n) is 2.90. The third-order valence-electron chi connectivity index (χ3n) is 1.24. The van der Waals surface area contributed by atoms with E-state index in [2.05, 4.69) is 5.18 Å². The zero-order valence-electron chi connectivity index (χ0n) is 5.85. The molecule has 0 spiro atoms. The van der Waals surface area contributed by atoms with Crippen molar-refractivity contribution in [2.24, 2.45) is 10.6 Å². The maximum absolute atomic E-state index is 9.67. The summed E-state index contributed by atoms with van der Waals surface area (Å²) in [5, 5.41) is 2.76. The maximum Gasteiger partial charge on any atom is 0.0816 e. The zero-order chi connectivity index (χ0) is 7.33. The summed E-state index contributed by atoms with van der Waals surface area (Å²) in [4.78, 5) is 9.67. The van der Waals surface area contributed by atoms with E-state index in [1.807, 2.05) is 13.8 Å². The van der Waals surface area contributed by atoms with E-state index in [-0.39, 0.29) is 5.41 Å². The van der Waals surface area contributed by atoms with E-state index in [9.17, 15) is 4.91 Å². The van der Waals surface area contributed by atoms with Gasteiger partial charge in [-0.25, -0.2) is 0 Å². The first-order valence-corrected chi connectivity index (χ1v) is 3.51. The monoisotopic (exact) mass is 149 g/mol. The Morgan fingerprint density at radius 3 is 2.44 bits per heavy atom. The van der Waals surface area contributed by atoms with Gasteiger partial charge in [-0.05, 0) is 11.8 Å². The first-order valence-electron chi connectivity index (χ1n) is 2.97. The molecule has 0 aromatic rings. The van der Waals surface area contributed by atoms with Crippen LogP contribution >= 0.6 is 11.6 Å². The van der Waals surface area contributed by atoms with Crippen molar-refractivity contribution in [3.8, 4) is 0 Å². The summed E-state index contributed by atoms with van der Waals surface area (Å²) < 4.78 is 0. The molecule has 0 aliphatic rings. The van der Waals surface area contributed by atoms with Crippen molar-refractivity contribution in [1.29, 1.82) is 0 Å². The van der Waals surface area contributed by atoms with Crippen molar-refractivity contribution in [3.05, 3.63) is 4.91 Å². The quantitative estimate of drug-likeness (QED) is 0.446. The van der Waals surface area contributed by atoms with Crippen LogP contribution < -0.4 is 0 Å². The van der Waals surface area contributed by atoms with Crippen LogP contribution in [-0.2, 0) is 0 Å². The van der Waals surface area contributed by atoms with Crippen LogP contribution in [0.3, 0.4) is 0 Å². The molecule has 9 heavy (non-hydrogen) atoms. The SMILES string of the molecule is CC(C)(CCl)CCN=O. The molecule has 0 rings (SSSR count). The molecule has 0 saturated heterocycles. The van der Waals surface area contributed by atoms with Crippen LogP contribution in [0.1, 0.15) is 20.3 Å². The van der Waals surface area contributed by atoms with Gasteiger partial charge in [-0.2, -0.15) is 4.91 Å². The van der Waals surface area contributed by atoms with Crippen LogP contribution in [0.25, 0.3) is 0 Å². The van der Waals surface area contributed by atoms with Gasteiger partial charge in [0.1, 0.15) is 0 Å². The smallest absolute Gasteiger partial charge is 0.0816 e. The van der Waals surface area contributed by atoms with Crippen LogP contribution in [-0.4, -0.2) is 12.4 Å². The predicted octanol–water partition coefficient (Wildman–Crippen LogP) is 2.41. The second kappa shape index (κ2) is 3.83. The summed E-state index contributed by atoms with van der Waals surface area (Å²) in [6.07, 6.45) is 0.778. The highest BCUT2D eigenvalue weighted by atomic mass is 35.5. The van der Waals surface area contributed by atoms with Crippen molar-refractivity contribution >= 4 is 11.6 Å². The summed E-state index contributed by atoms with van der Waals surface area (Å²) in [6.45, 7) is 4.41. The molecule has 0 aromatic heterocycles. The largest absolute Gasteiger partial charge is 0.151 e. The number of alkyl halides is 1. The molecule has 0 saturated carbocycles. The fourth-order valence-electron chi connectivity index (χ4n) is 0.415. The Kier molecular flexibility index (Phi) is 3.78. The van der Waals surface area contributed by atoms with Crippen molar-refractivity contribution in [2.75, 3.05) is 12.4 Å². The number of nitroso groups, excluding NO2 is 1. The van der Waals surface area contributed by atoms with Crippen molar-refractivity contribution in [1.82, 2.24) is 0 Å². The molecule has 0 aromatic carbocycles. The first kappa shape index (κ1) is 8.89. The first-order chi connectivity index (χ1) is 4.12. The molecule has 0 N–H and O–H groups in total. The van der Waals surface area contributed by atoms with Gasteiger partial charge in [-0.3, -0.25) is 0 Å². The lowest BCUT2D eigenvalue weighted by Gasteiger charge is -2.18. The standard InChI is InChI=1S/C6H12ClNO/c1-6(2,5-7)3-4-8-9/h3-5H2,1-2H3. The molecule has 0 aliphatic carbocycles. The lowest BCUT2D eigenvalue weighted by Crippen LogP contribution is -2.14. The molecule has 2 nitrogen and oxygen atoms in total. The summed E-state index contributed by atoms with van der Waals surface area (Å²) in [6, 6.07) is 0. The van der Waals surface area contributed by atoms with Crippen LogP contribution in [0.2, 0.25) is 0 Å². The third kappa shape index (κ3) is 4.40. The molecule has 0 amide bonds. The second-order valence-corrected chi connectivity index (χ2v) is 3.17. The van der Waals surface area contributed by atoms with E-state index in [1.165, 1.54) is 0 Å². The average Bonchev–Trinajstić information content (AvgIpc) is 1.84. The Balaban J connectivity index is 3.44. The normalized spacial score (nSPS) is 11.4. The summed E-state index contributed by atoms with van der Waals surface area (Å²) >= 11 is 5.59. The van der Waals surface area contributed by atoms with E-state index in [0.717, 1.165) is 6.42 Å². The minimum Gasteiger partial charge on any atom is -0.151 e. The number of hydrogen-bond acceptors (Lipinski definition) is 2. The molecule has 0 heterocycles. The van der Waals surface area contributed by atoms with E-state index >= 15 is 0 Å². The molecule has 0 unspecified atom stereocenters. The van der Waals surface area contributed by atoms with Crippen LogP contribution in [0.15, 0.2) is 5.18 Å². The number of halogens is 1. The van der Waals surface area contributed by atoms with Gasteiger partial charge in [0.25, 0.3) is 0 Å². The minimum absolute atomic E-state index is 0.0649. The molecule has 0 radical (unpaired) electrons. The van der Waals surface area contributed by atoms with Gasteiger partial charge < -0.3 is 0 Å². The lowest BCUT2D eigenvalue weighted by molar-refractivity contribution is 0.391. The zero-order valence-corrected chi connectivity index (χ0v) is 6.61. The molecule has 0 bridgehead atoms. The Bertz CT molecular complexity index is 93.1. The fraction of sp³-hybridized carbons (Fsp3) is 1.00. The van der Waals surface area contributed by atoms with Crippen LogP contribution in [0.5, 0.6) is 0 Å². The molecule has 0 atom stereocenters. The van der Waals surface area contributed by atoms with Crippen molar-refractivity contribution < 1.29 is 0 Å². The Morgan fingerprint density at radius 2 is 2.11 bits per heavy atom. The number of hydrogen-bond donors (Lipinski definition) is 0. The highest BCUT2D eigenvalue weighted by Gasteiger charge is 2.15. The Hall–Kier alpha value is -0.110. The molecule has 3 heteroatoms. The number of rotatable bonds is 4. The van der Waals surface area contributed by atoms with Crippen LogP contribution in [0, 0.1) is 10.3 Å². The summed E-state index contributed by atoms with van der Waals surface area (Å²) in [5.41, 5.74) is 0.0649. The van der Waals surface area contributed by atoms with Gasteiger partial charge in [-0.1, -0.05) is 19.0 Å². The van der Waals surface area contributed by atoms with E-state index in [1.54, 1.807) is 0 Å². The van der Waals surface area contributed by atoms with Gasteiger partial charge in [0, 0.05) is 5.88 Å². The molecular formula is C6H12ClNO. The average molecular weight is 150 g/mol. The molecule has 0 fully saturated rings. The molecule has 0 aliphatic heterocycles. The van der Waals surface area contributed by atoms with Crippen molar-refractivity contribution in [2.45, 2.75) is 20.3 Å². The minimum atomic E-state index is 0.0649. The highest BCUT2D eigenvalue weighted by Crippen LogP contribution is 2.21. The van der Waals surface area contributed by atoms with E-state index < -0.39 is 0 Å². The third-order valence-corrected chi connectivity index (χ3v) is 1.97. The lowest BCUT2D eigenvalue weighted by atomic mass is 9.92. The molecular weight excluding hydrogens is 138 g/mol. The summed E-state index contributed by atoms with van der Waals surface area (Å²) in [5.74, 6) is 0.586. The molecule has 54 valence electrons. The Morgan fingerprint density at radius 1 is 1.56 bits per heavy atom. The van der Waals surface area contributed by atoms with E-state index in [4.69, 9.17) is 11.6 Å². The van der Waals surface area contributed by atoms with Gasteiger partial charge in [0.05, 0.1) is 6.54 Å². The predicted molar refractivity (Wildman–Crippen MR) is 39.8 cm³/mol. The topological polar surface area (TPSA) is 29.4 Å². The van der Waals surface area contributed by atoms with Crippen LogP contribution in [0.4, 0.5) is 0 Å². The fourth-order valence-corrected chi connectivity index (χ4v) is 0.549.